The van der Waals surface area contributed by atoms with E-state index in [1.54, 1.807) is 12.1 Å². The Hall–Kier alpha value is -2.74. The molecule has 1 aromatic carbocycles. The lowest BCUT2D eigenvalue weighted by Gasteiger charge is -2.38. The molecule has 2 fully saturated rings. The van der Waals surface area contributed by atoms with Crippen molar-refractivity contribution in [2.24, 2.45) is 11.3 Å². The largest absolute Gasteiger partial charge is 0.381 e. The highest BCUT2D eigenvalue weighted by atomic mass is 16.7. The first kappa shape index (κ1) is 15.8. The normalized spacial score (nSPS) is 28.2. The second-order valence-corrected chi connectivity index (χ2v) is 6.56. The Labute approximate surface area is 143 Å². The maximum absolute atomic E-state index is 12.7. The molecular formula is C17H16N2O6. The molecule has 8 heteroatoms. The first-order valence-corrected chi connectivity index (χ1v) is 8.06. The van der Waals surface area contributed by atoms with Gasteiger partial charge in [0.15, 0.2) is 0 Å². The van der Waals surface area contributed by atoms with Gasteiger partial charge in [0.05, 0.1) is 23.7 Å². The SMILES string of the molecule is O=C1CC2(CCOC2)C(C(=O)ON2C(=O)c3ccccc3C2=O)CN1. The predicted octanol–water partition coefficient (Wildman–Crippen LogP) is 0.284. The fourth-order valence-corrected chi connectivity index (χ4v) is 3.71. The number of hydroxylamine groups is 2. The van der Waals surface area contributed by atoms with Crippen LogP contribution in [-0.4, -0.2) is 48.5 Å². The molecule has 0 aromatic heterocycles. The molecule has 0 radical (unpaired) electrons. The second-order valence-electron chi connectivity index (χ2n) is 6.56. The fraction of sp³-hybridized carbons (Fsp3) is 0.412. The van der Waals surface area contributed by atoms with Crippen LogP contribution in [0, 0.1) is 11.3 Å². The molecule has 0 aliphatic carbocycles. The number of hydrogen-bond donors (Lipinski definition) is 1. The lowest BCUT2D eigenvalue weighted by molar-refractivity contribution is -0.180. The van der Waals surface area contributed by atoms with Gasteiger partial charge in [0.1, 0.15) is 0 Å². The average molecular weight is 344 g/mol. The number of piperidine rings is 1. The van der Waals surface area contributed by atoms with Crippen LogP contribution < -0.4 is 5.32 Å². The van der Waals surface area contributed by atoms with E-state index >= 15 is 0 Å². The average Bonchev–Trinajstić information content (AvgIpc) is 3.14. The maximum Gasteiger partial charge on any atom is 0.338 e. The quantitative estimate of drug-likeness (QED) is 0.774. The van der Waals surface area contributed by atoms with E-state index in [9.17, 15) is 19.2 Å². The molecule has 0 saturated carbocycles. The van der Waals surface area contributed by atoms with Gasteiger partial charge in [-0.2, -0.15) is 0 Å². The van der Waals surface area contributed by atoms with Gasteiger partial charge in [0.2, 0.25) is 5.91 Å². The third-order valence-electron chi connectivity index (χ3n) is 5.11. The number of carbonyl (C=O) groups excluding carboxylic acids is 4. The number of hydrogen-bond acceptors (Lipinski definition) is 6. The Kier molecular flexibility index (Phi) is 3.57. The Morgan fingerprint density at radius 3 is 2.48 bits per heavy atom. The van der Waals surface area contributed by atoms with E-state index in [1.807, 2.05) is 0 Å². The summed E-state index contributed by atoms with van der Waals surface area (Å²) < 4.78 is 5.39. The van der Waals surface area contributed by atoms with Crippen LogP contribution in [0.3, 0.4) is 0 Å². The van der Waals surface area contributed by atoms with Crippen molar-refractivity contribution >= 4 is 23.7 Å². The van der Waals surface area contributed by atoms with Gasteiger partial charge in [-0.15, -0.1) is 0 Å². The Balaban J connectivity index is 1.55. The Morgan fingerprint density at radius 2 is 1.88 bits per heavy atom. The van der Waals surface area contributed by atoms with Crippen molar-refractivity contribution in [1.29, 1.82) is 0 Å². The minimum Gasteiger partial charge on any atom is -0.381 e. The molecule has 4 rings (SSSR count). The van der Waals surface area contributed by atoms with Crippen molar-refractivity contribution in [2.75, 3.05) is 19.8 Å². The summed E-state index contributed by atoms with van der Waals surface area (Å²) in [7, 11) is 0. The zero-order valence-corrected chi connectivity index (χ0v) is 13.3. The number of rotatable bonds is 2. The highest BCUT2D eigenvalue weighted by molar-refractivity contribution is 6.20. The molecule has 25 heavy (non-hydrogen) atoms. The summed E-state index contributed by atoms with van der Waals surface area (Å²) in [6.45, 7) is 0.844. The number of nitrogens with zero attached hydrogens (tertiary/aromatic N) is 1. The van der Waals surface area contributed by atoms with Gasteiger partial charge in [-0.05, 0) is 18.6 Å². The summed E-state index contributed by atoms with van der Waals surface area (Å²) in [6, 6.07) is 6.29. The number of nitrogens with one attached hydrogen (secondary N) is 1. The third kappa shape index (κ3) is 2.41. The van der Waals surface area contributed by atoms with Crippen molar-refractivity contribution < 1.29 is 28.8 Å². The van der Waals surface area contributed by atoms with Crippen molar-refractivity contribution in [2.45, 2.75) is 12.8 Å². The molecule has 130 valence electrons. The molecular weight excluding hydrogens is 328 g/mol. The van der Waals surface area contributed by atoms with Crippen LogP contribution in [0.5, 0.6) is 0 Å². The number of ether oxygens (including phenoxy) is 1. The third-order valence-corrected chi connectivity index (χ3v) is 5.11. The molecule has 0 bridgehead atoms. The minimum absolute atomic E-state index is 0.101. The molecule has 2 unspecified atom stereocenters. The van der Waals surface area contributed by atoms with Crippen LogP contribution in [0.25, 0.3) is 0 Å². The molecule has 3 amide bonds. The lowest BCUT2D eigenvalue weighted by atomic mass is 9.70. The molecule has 3 aliphatic heterocycles. The van der Waals surface area contributed by atoms with E-state index in [2.05, 4.69) is 5.32 Å². The number of imide groups is 1. The summed E-state index contributed by atoms with van der Waals surface area (Å²) >= 11 is 0. The summed E-state index contributed by atoms with van der Waals surface area (Å²) in [5, 5.41) is 3.15. The number of amides is 3. The maximum atomic E-state index is 12.7. The molecule has 8 nitrogen and oxygen atoms in total. The van der Waals surface area contributed by atoms with E-state index in [-0.39, 0.29) is 36.6 Å². The summed E-state index contributed by atoms with van der Waals surface area (Å²) in [4.78, 5) is 54.3. The second kappa shape index (κ2) is 5.66. The highest BCUT2D eigenvalue weighted by Gasteiger charge is 2.52. The van der Waals surface area contributed by atoms with Crippen LogP contribution in [0.4, 0.5) is 0 Å². The van der Waals surface area contributed by atoms with E-state index in [4.69, 9.17) is 9.57 Å². The van der Waals surface area contributed by atoms with Crippen molar-refractivity contribution in [3.8, 4) is 0 Å². The fourth-order valence-electron chi connectivity index (χ4n) is 3.71. The minimum atomic E-state index is -0.708. The number of carbonyl (C=O) groups is 4. The van der Waals surface area contributed by atoms with Crippen LogP contribution in [-0.2, 0) is 19.2 Å². The van der Waals surface area contributed by atoms with Crippen LogP contribution in [0.2, 0.25) is 0 Å². The van der Waals surface area contributed by atoms with Crippen LogP contribution >= 0.6 is 0 Å². The van der Waals surface area contributed by atoms with E-state index in [1.165, 1.54) is 12.1 Å². The van der Waals surface area contributed by atoms with Gasteiger partial charge in [-0.3, -0.25) is 14.4 Å². The van der Waals surface area contributed by atoms with Crippen LogP contribution in [0.15, 0.2) is 24.3 Å². The van der Waals surface area contributed by atoms with E-state index in [0.717, 1.165) is 0 Å². The van der Waals surface area contributed by atoms with Crippen LogP contribution in [0.1, 0.15) is 33.6 Å². The first-order chi connectivity index (χ1) is 12.0. The molecule has 1 aromatic rings. The molecule has 3 heterocycles. The standard InChI is InChI=1S/C17H16N2O6/c20-13-7-17(5-6-24-9-17)12(8-18-13)16(23)25-19-14(21)10-3-1-2-4-11(10)15(19)22/h1-4,12H,5-9H2,(H,18,20). The van der Waals surface area contributed by atoms with Gasteiger partial charge in [-0.1, -0.05) is 17.2 Å². The Bertz CT molecular complexity index is 748. The van der Waals surface area contributed by atoms with Gasteiger partial charge in [-0.25, -0.2) is 4.79 Å². The molecule has 2 saturated heterocycles. The van der Waals surface area contributed by atoms with Crippen molar-refractivity contribution in [1.82, 2.24) is 10.4 Å². The predicted molar refractivity (Wildman–Crippen MR) is 82.0 cm³/mol. The smallest absolute Gasteiger partial charge is 0.338 e. The molecule has 2 atom stereocenters. The van der Waals surface area contributed by atoms with Gasteiger partial charge in [0, 0.05) is 25.0 Å². The number of benzene rings is 1. The zero-order chi connectivity index (χ0) is 17.6. The van der Waals surface area contributed by atoms with Crippen molar-refractivity contribution in [3.05, 3.63) is 35.4 Å². The Morgan fingerprint density at radius 1 is 1.20 bits per heavy atom. The summed E-state index contributed by atoms with van der Waals surface area (Å²) in [5.74, 6) is -2.84. The van der Waals surface area contributed by atoms with Crippen molar-refractivity contribution in [3.63, 3.8) is 0 Å². The highest BCUT2D eigenvalue weighted by Crippen LogP contribution is 2.42. The first-order valence-electron chi connectivity index (χ1n) is 8.06. The van der Waals surface area contributed by atoms with E-state index in [0.29, 0.717) is 18.1 Å². The van der Waals surface area contributed by atoms with Gasteiger partial charge >= 0.3 is 5.97 Å². The van der Waals surface area contributed by atoms with Gasteiger partial charge < -0.3 is 14.9 Å². The van der Waals surface area contributed by atoms with E-state index < -0.39 is 29.1 Å². The number of fused-ring (bicyclic) bond motifs is 1. The molecule has 3 aliphatic rings. The topological polar surface area (TPSA) is 102 Å². The zero-order valence-electron chi connectivity index (χ0n) is 13.3. The summed E-state index contributed by atoms with van der Waals surface area (Å²) in [5.41, 5.74) is -0.231. The lowest BCUT2D eigenvalue weighted by Crippen LogP contribution is -2.53. The monoisotopic (exact) mass is 344 g/mol. The summed E-state index contributed by atoms with van der Waals surface area (Å²) in [6.07, 6.45) is 0.719. The molecule has 1 N–H and O–H groups in total. The molecule has 1 spiro atoms. The van der Waals surface area contributed by atoms with Gasteiger partial charge in [0.25, 0.3) is 11.8 Å².